The van der Waals surface area contributed by atoms with Crippen LogP contribution >= 0.6 is 15.9 Å². The van der Waals surface area contributed by atoms with E-state index in [0.717, 1.165) is 12.3 Å². The Bertz CT molecular complexity index is 902. The van der Waals surface area contributed by atoms with Crippen LogP contribution in [0.25, 0.3) is 0 Å². The largest absolute Gasteiger partial charge is 0.502 e. The van der Waals surface area contributed by atoms with Crippen LogP contribution in [0.2, 0.25) is 0 Å². The number of nitro benzene ring substituents is 1. The number of rotatable bonds is 4. The van der Waals surface area contributed by atoms with Gasteiger partial charge in [0, 0.05) is 16.1 Å². The molecular formula is C16H12BrN3O6. The molecule has 0 saturated heterocycles. The number of phenols is 1. The molecule has 10 heteroatoms. The van der Waals surface area contributed by atoms with E-state index in [0.29, 0.717) is 16.0 Å². The molecule has 26 heavy (non-hydrogen) atoms. The molecule has 2 aromatic rings. The van der Waals surface area contributed by atoms with Crippen LogP contribution in [-0.2, 0) is 4.79 Å². The number of para-hydroxylation sites is 2. The molecule has 2 N–H and O–H groups in total. The first-order valence-corrected chi connectivity index (χ1v) is 8.13. The zero-order valence-electron chi connectivity index (χ0n) is 13.1. The Hall–Kier alpha value is -3.14. The van der Waals surface area contributed by atoms with Gasteiger partial charge in [-0.15, -0.1) is 0 Å². The van der Waals surface area contributed by atoms with Gasteiger partial charge in [0.2, 0.25) is 11.9 Å². The maximum Gasteiger partial charge on any atom is 0.312 e. The number of nitrogens with zero attached hydrogens (tertiary/aromatic N) is 2. The number of carbonyl (C=O) groups is 1. The molecule has 9 nitrogen and oxygen atoms in total. The van der Waals surface area contributed by atoms with Crippen LogP contribution in [0.5, 0.6) is 17.2 Å². The maximum atomic E-state index is 12.1. The average Bonchev–Trinajstić information content (AvgIpc) is 2.63. The number of nitro groups is 1. The summed E-state index contributed by atoms with van der Waals surface area (Å²) in [6.07, 6.45) is 0.204. The first-order chi connectivity index (χ1) is 12.5. The summed E-state index contributed by atoms with van der Waals surface area (Å²) in [6, 6.07) is 9.53. The molecule has 2 aromatic carbocycles. The molecule has 0 radical (unpaired) electrons. The highest BCUT2D eigenvalue weighted by Crippen LogP contribution is 2.32. The van der Waals surface area contributed by atoms with E-state index in [4.69, 9.17) is 9.47 Å². The summed E-state index contributed by atoms with van der Waals surface area (Å²) < 4.78 is 11.4. The number of nitrogens with one attached hydrogen (secondary N) is 1. The fraction of sp³-hybridized carbons (Fsp3) is 0.125. The van der Waals surface area contributed by atoms with E-state index in [9.17, 15) is 20.0 Å². The van der Waals surface area contributed by atoms with Gasteiger partial charge in [0.15, 0.2) is 11.5 Å². The number of aromatic hydroxyl groups is 1. The van der Waals surface area contributed by atoms with Gasteiger partial charge in [0.05, 0.1) is 11.1 Å². The molecule has 1 amide bonds. The molecule has 0 fully saturated rings. The number of ether oxygens (including phenoxy) is 2. The fourth-order valence-electron chi connectivity index (χ4n) is 2.23. The van der Waals surface area contributed by atoms with Crippen molar-refractivity contribution in [1.29, 1.82) is 0 Å². The Morgan fingerprint density at radius 3 is 2.85 bits per heavy atom. The highest BCUT2D eigenvalue weighted by molar-refractivity contribution is 9.10. The lowest BCUT2D eigenvalue weighted by Crippen LogP contribution is -2.42. The molecule has 1 unspecified atom stereocenters. The number of phenolic OH excluding ortho intramolecular Hbond substituents is 1. The van der Waals surface area contributed by atoms with E-state index in [-0.39, 0.29) is 12.2 Å². The van der Waals surface area contributed by atoms with Crippen molar-refractivity contribution >= 4 is 33.7 Å². The van der Waals surface area contributed by atoms with Crippen molar-refractivity contribution in [3.05, 3.63) is 56.5 Å². The third kappa shape index (κ3) is 3.75. The number of halogens is 1. The molecule has 3 rings (SSSR count). The second-order valence-electron chi connectivity index (χ2n) is 5.22. The molecule has 0 spiro atoms. The van der Waals surface area contributed by atoms with Gasteiger partial charge in [-0.25, -0.2) is 5.43 Å². The van der Waals surface area contributed by atoms with Gasteiger partial charge in [-0.2, -0.15) is 5.10 Å². The summed E-state index contributed by atoms with van der Waals surface area (Å²) in [5.41, 5.74) is 1.84. The lowest BCUT2D eigenvalue weighted by Gasteiger charge is -2.24. The third-order valence-electron chi connectivity index (χ3n) is 3.46. The molecule has 134 valence electrons. The topological polar surface area (TPSA) is 123 Å². The Morgan fingerprint density at radius 1 is 1.38 bits per heavy atom. The van der Waals surface area contributed by atoms with Gasteiger partial charge in [-0.3, -0.25) is 14.9 Å². The standard InChI is InChI=1S/C16H12BrN3O6/c17-10-5-9(15(21)11(6-10)20(23)24)7-18-19-16(22)14-8-25-12-3-1-2-4-13(12)26-14/h1-7,14,21H,8H2,(H,19,22)/b18-7-. The maximum absolute atomic E-state index is 12.1. The molecular weight excluding hydrogens is 410 g/mol. The monoisotopic (exact) mass is 421 g/mol. The molecule has 1 heterocycles. The predicted molar refractivity (Wildman–Crippen MR) is 94.6 cm³/mol. The van der Waals surface area contributed by atoms with Gasteiger partial charge in [0.25, 0.3) is 5.91 Å². The number of hydrogen-bond acceptors (Lipinski definition) is 7. The quantitative estimate of drug-likeness (QED) is 0.443. The SMILES string of the molecule is O=C(N/N=C\c1cc(Br)cc([N+](=O)[O-])c1O)C1COc2ccccc2O1. The van der Waals surface area contributed by atoms with Crippen LogP contribution in [0.4, 0.5) is 5.69 Å². The van der Waals surface area contributed by atoms with Crippen molar-refractivity contribution in [3.63, 3.8) is 0 Å². The van der Waals surface area contributed by atoms with Crippen molar-refractivity contribution in [2.75, 3.05) is 6.61 Å². The second kappa shape index (κ2) is 7.40. The Balaban J connectivity index is 1.68. The van der Waals surface area contributed by atoms with E-state index in [1.807, 2.05) is 0 Å². The fourth-order valence-corrected chi connectivity index (χ4v) is 2.69. The molecule has 1 atom stereocenters. The Labute approximate surface area is 155 Å². The summed E-state index contributed by atoms with van der Waals surface area (Å²) in [6.45, 7) is 0.0198. The van der Waals surface area contributed by atoms with E-state index in [1.165, 1.54) is 6.07 Å². The number of amides is 1. The summed E-state index contributed by atoms with van der Waals surface area (Å²) in [5, 5.41) is 24.5. The summed E-state index contributed by atoms with van der Waals surface area (Å²) in [7, 11) is 0. The smallest absolute Gasteiger partial charge is 0.312 e. The van der Waals surface area contributed by atoms with E-state index >= 15 is 0 Å². The minimum absolute atomic E-state index is 0.0198. The van der Waals surface area contributed by atoms with Crippen molar-refractivity contribution in [2.24, 2.45) is 5.10 Å². The summed E-state index contributed by atoms with van der Waals surface area (Å²) >= 11 is 3.11. The summed E-state index contributed by atoms with van der Waals surface area (Å²) in [4.78, 5) is 22.3. The molecule has 0 bridgehead atoms. The first-order valence-electron chi connectivity index (χ1n) is 7.34. The molecule has 0 aromatic heterocycles. The third-order valence-corrected chi connectivity index (χ3v) is 3.92. The first kappa shape index (κ1) is 17.7. The lowest BCUT2D eigenvalue weighted by molar-refractivity contribution is -0.385. The van der Waals surface area contributed by atoms with Crippen LogP contribution in [-0.4, -0.2) is 34.9 Å². The number of fused-ring (bicyclic) bond motifs is 1. The molecule has 0 saturated carbocycles. The van der Waals surface area contributed by atoms with Gasteiger partial charge >= 0.3 is 5.69 Å². The molecule has 0 aliphatic carbocycles. The van der Waals surface area contributed by atoms with Gasteiger partial charge in [0.1, 0.15) is 6.61 Å². The second-order valence-corrected chi connectivity index (χ2v) is 6.13. The summed E-state index contributed by atoms with van der Waals surface area (Å²) in [5.74, 6) is -0.114. The normalized spacial score (nSPS) is 15.7. The average molecular weight is 422 g/mol. The van der Waals surface area contributed by atoms with Gasteiger partial charge in [-0.1, -0.05) is 28.1 Å². The van der Waals surface area contributed by atoms with Crippen LogP contribution < -0.4 is 14.9 Å². The van der Waals surface area contributed by atoms with Gasteiger partial charge in [-0.05, 0) is 18.2 Å². The Morgan fingerprint density at radius 2 is 2.12 bits per heavy atom. The molecule has 1 aliphatic rings. The predicted octanol–water partition coefficient (Wildman–Crippen LogP) is 2.35. The minimum Gasteiger partial charge on any atom is -0.502 e. The molecule has 1 aliphatic heterocycles. The van der Waals surface area contributed by atoms with Crippen molar-refractivity contribution in [2.45, 2.75) is 6.10 Å². The highest BCUT2D eigenvalue weighted by Gasteiger charge is 2.27. The van der Waals surface area contributed by atoms with E-state index in [2.05, 4.69) is 26.5 Å². The van der Waals surface area contributed by atoms with Crippen LogP contribution in [0.1, 0.15) is 5.56 Å². The number of hydrogen-bond donors (Lipinski definition) is 2. The Kier molecular flexibility index (Phi) is 5.03. The zero-order chi connectivity index (χ0) is 18.7. The highest BCUT2D eigenvalue weighted by atomic mass is 79.9. The van der Waals surface area contributed by atoms with E-state index < -0.39 is 28.4 Å². The lowest BCUT2D eigenvalue weighted by atomic mass is 10.2. The van der Waals surface area contributed by atoms with E-state index in [1.54, 1.807) is 24.3 Å². The van der Waals surface area contributed by atoms with Crippen LogP contribution in [0, 0.1) is 10.1 Å². The number of hydrazone groups is 1. The number of carbonyl (C=O) groups excluding carboxylic acids is 1. The van der Waals surface area contributed by atoms with Crippen LogP contribution in [0.3, 0.4) is 0 Å². The van der Waals surface area contributed by atoms with Crippen molar-refractivity contribution < 1.29 is 24.3 Å². The number of benzene rings is 2. The van der Waals surface area contributed by atoms with Gasteiger partial charge < -0.3 is 14.6 Å². The van der Waals surface area contributed by atoms with Crippen LogP contribution in [0.15, 0.2) is 46.0 Å². The van der Waals surface area contributed by atoms with Crippen molar-refractivity contribution in [3.8, 4) is 17.2 Å². The minimum atomic E-state index is -0.896. The van der Waals surface area contributed by atoms with Crippen molar-refractivity contribution in [1.82, 2.24) is 5.43 Å². The zero-order valence-corrected chi connectivity index (χ0v) is 14.7.